The number of hydrogen-bond acceptors (Lipinski definition) is 3. The minimum atomic E-state index is -6.00. The first-order chi connectivity index (χ1) is 11.4. The van der Waals surface area contributed by atoms with Crippen LogP contribution in [0.15, 0.2) is 60.0 Å². The smallest absolute Gasteiger partial charge is 0.418 e. The van der Waals surface area contributed by atoms with E-state index < -0.39 is 7.25 Å². The Hall–Kier alpha value is -2.55. The van der Waals surface area contributed by atoms with Crippen LogP contribution >= 0.6 is 11.3 Å². The molecule has 0 bridgehead atoms. The van der Waals surface area contributed by atoms with Gasteiger partial charge in [0.2, 0.25) is 10.3 Å². The summed E-state index contributed by atoms with van der Waals surface area (Å²) in [5, 5.41) is 11.9. The Morgan fingerprint density at radius 1 is 0.875 bits per heavy atom. The summed E-state index contributed by atoms with van der Waals surface area (Å²) in [6.07, 6.45) is 0. The molecule has 122 valence electrons. The second kappa shape index (κ2) is 6.52. The molecule has 0 aliphatic carbocycles. The van der Waals surface area contributed by atoms with Gasteiger partial charge in [0.1, 0.15) is 5.21 Å². The molecule has 3 nitrogen and oxygen atoms in total. The summed E-state index contributed by atoms with van der Waals surface area (Å²) in [7, 11) is -6.00. The summed E-state index contributed by atoms with van der Waals surface area (Å²) >= 11 is 1.70. The Labute approximate surface area is 138 Å². The van der Waals surface area contributed by atoms with Gasteiger partial charge in [0.25, 0.3) is 0 Å². The molecule has 2 aromatic heterocycles. The van der Waals surface area contributed by atoms with Crippen LogP contribution in [0.1, 0.15) is 0 Å². The minimum absolute atomic E-state index is 0.934. The molecule has 0 aliphatic heterocycles. The molecule has 0 radical (unpaired) electrons. The van der Waals surface area contributed by atoms with Gasteiger partial charge in [-0.1, -0.05) is 58.3 Å². The highest BCUT2D eigenvalue weighted by atomic mass is 32.1. The summed E-state index contributed by atoms with van der Waals surface area (Å²) in [6, 6.07) is 18.4. The van der Waals surface area contributed by atoms with Gasteiger partial charge in [0.05, 0.1) is 10.5 Å². The Morgan fingerprint density at radius 2 is 1.50 bits per heavy atom. The molecule has 24 heavy (non-hydrogen) atoms. The van der Waals surface area contributed by atoms with Gasteiger partial charge in [-0.15, -0.1) is 0 Å². The normalized spacial score (nSPS) is 11.3. The van der Waals surface area contributed by atoms with Crippen molar-refractivity contribution in [3.63, 3.8) is 0 Å². The molecular formula is C15H10BF4N3S. The third-order valence-electron chi connectivity index (χ3n) is 3.15. The van der Waals surface area contributed by atoms with Crippen LogP contribution in [0.4, 0.5) is 17.3 Å². The predicted molar refractivity (Wildman–Crippen MR) is 86.2 cm³/mol. The Bertz CT molecular complexity index is 967. The van der Waals surface area contributed by atoms with E-state index in [4.69, 9.17) is 0 Å². The fourth-order valence-electron chi connectivity index (χ4n) is 2.22. The maximum absolute atomic E-state index is 9.75. The molecule has 0 spiro atoms. The zero-order chi connectivity index (χ0) is 17.2. The van der Waals surface area contributed by atoms with Gasteiger partial charge < -0.3 is 17.3 Å². The lowest BCUT2D eigenvalue weighted by molar-refractivity contribution is -0.570. The van der Waals surface area contributed by atoms with Crippen LogP contribution in [0.2, 0.25) is 0 Å². The number of rotatable bonds is 1. The average molecular weight is 351 g/mol. The highest BCUT2D eigenvalue weighted by molar-refractivity contribution is 7.16. The molecule has 0 N–H and O–H groups in total. The van der Waals surface area contributed by atoms with Crippen molar-refractivity contribution >= 4 is 34.3 Å². The first-order valence-electron chi connectivity index (χ1n) is 6.91. The van der Waals surface area contributed by atoms with E-state index in [1.807, 2.05) is 40.9 Å². The number of fused-ring (bicyclic) bond motifs is 3. The zero-order valence-electron chi connectivity index (χ0n) is 12.1. The summed E-state index contributed by atoms with van der Waals surface area (Å²) in [6.45, 7) is 0. The number of thiazole rings is 1. The summed E-state index contributed by atoms with van der Waals surface area (Å²) < 4.78 is 40.9. The van der Waals surface area contributed by atoms with Crippen LogP contribution in [-0.4, -0.2) is 17.6 Å². The highest BCUT2D eigenvalue weighted by Gasteiger charge is 2.20. The molecule has 0 aliphatic rings. The van der Waals surface area contributed by atoms with E-state index >= 15 is 0 Å². The van der Waals surface area contributed by atoms with E-state index in [1.165, 1.54) is 0 Å². The Morgan fingerprint density at radius 3 is 2.21 bits per heavy atom. The van der Waals surface area contributed by atoms with E-state index in [-0.39, 0.29) is 0 Å². The maximum atomic E-state index is 9.75. The summed E-state index contributed by atoms with van der Waals surface area (Å²) in [4.78, 5) is 1.13. The summed E-state index contributed by atoms with van der Waals surface area (Å²) in [5.74, 6) is 0. The van der Waals surface area contributed by atoms with Crippen LogP contribution in [0.25, 0.3) is 27.0 Å². The molecule has 0 fully saturated rings. The minimum Gasteiger partial charge on any atom is -0.418 e. The van der Waals surface area contributed by atoms with Crippen molar-refractivity contribution < 1.29 is 21.8 Å². The van der Waals surface area contributed by atoms with Crippen molar-refractivity contribution in [2.75, 3.05) is 0 Å². The Kier molecular flexibility index (Phi) is 4.43. The van der Waals surface area contributed by atoms with E-state index in [9.17, 15) is 17.3 Å². The molecule has 4 aromatic rings. The first kappa shape index (κ1) is 16.3. The van der Waals surface area contributed by atoms with Gasteiger partial charge in [0, 0.05) is 10.9 Å². The van der Waals surface area contributed by atoms with Crippen molar-refractivity contribution in [2.45, 2.75) is 0 Å². The second-order valence-electron chi connectivity index (χ2n) is 4.81. The van der Waals surface area contributed by atoms with Crippen LogP contribution < -0.4 is 4.52 Å². The molecule has 0 unspecified atom stereocenters. The first-order valence-corrected chi connectivity index (χ1v) is 7.79. The molecular weight excluding hydrogens is 341 g/mol. The SMILES string of the molecule is F[B-](F)(F)F.c1ccc(-c2csc3c4ccccc4nn[n+]23)cc1. The molecule has 2 heterocycles. The van der Waals surface area contributed by atoms with Crippen LogP contribution in [-0.2, 0) is 0 Å². The van der Waals surface area contributed by atoms with Gasteiger partial charge in [-0.3, -0.25) is 0 Å². The lowest BCUT2D eigenvalue weighted by Gasteiger charge is -1.94. The van der Waals surface area contributed by atoms with Gasteiger partial charge in [-0.05, 0) is 12.1 Å². The molecule has 0 saturated carbocycles. The molecule has 2 aromatic carbocycles. The molecule has 9 heteroatoms. The number of aromatic nitrogens is 3. The Balaban J connectivity index is 0.000000300. The van der Waals surface area contributed by atoms with Gasteiger partial charge in [-0.2, -0.15) is 0 Å². The standard InChI is InChI=1S/C15H10N3S.BF4/c1-2-6-11(7-3-1)14-10-19-15-12-8-4-5-9-13(12)16-17-18(14)15;2-1(3,4)5/h1-10H;/q+1;-1. The number of hydrogen-bond donors (Lipinski definition) is 0. The van der Waals surface area contributed by atoms with Crippen molar-refractivity contribution in [1.82, 2.24) is 10.3 Å². The molecule has 0 saturated heterocycles. The second-order valence-corrected chi connectivity index (χ2v) is 5.66. The van der Waals surface area contributed by atoms with E-state index in [2.05, 4.69) is 33.9 Å². The monoisotopic (exact) mass is 351 g/mol. The van der Waals surface area contributed by atoms with Gasteiger partial charge >= 0.3 is 7.25 Å². The van der Waals surface area contributed by atoms with E-state index in [1.54, 1.807) is 11.3 Å². The van der Waals surface area contributed by atoms with Crippen molar-refractivity contribution in [3.05, 3.63) is 60.0 Å². The van der Waals surface area contributed by atoms with Gasteiger partial charge in [0.15, 0.2) is 5.69 Å². The maximum Gasteiger partial charge on any atom is 0.673 e. The van der Waals surface area contributed by atoms with Crippen LogP contribution in [0, 0.1) is 0 Å². The third kappa shape index (κ3) is 3.68. The van der Waals surface area contributed by atoms with Crippen molar-refractivity contribution in [3.8, 4) is 11.3 Å². The van der Waals surface area contributed by atoms with Crippen molar-refractivity contribution in [1.29, 1.82) is 0 Å². The van der Waals surface area contributed by atoms with Gasteiger partial charge in [-0.25, -0.2) is 0 Å². The molecule has 0 atom stereocenters. The lowest BCUT2D eigenvalue weighted by atomic mass is 10.2. The average Bonchev–Trinajstić information content (AvgIpc) is 2.98. The quantitative estimate of drug-likeness (QED) is 0.289. The predicted octanol–water partition coefficient (Wildman–Crippen LogP) is 4.40. The highest BCUT2D eigenvalue weighted by Crippen LogP contribution is 2.24. The fourth-order valence-corrected chi connectivity index (χ4v) is 3.21. The molecule has 4 rings (SSSR count). The number of halogens is 4. The third-order valence-corrected chi connectivity index (χ3v) is 4.11. The van der Waals surface area contributed by atoms with E-state index in [0.717, 1.165) is 27.0 Å². The van der Waals surface area contributed by atoms with Crippen LogP contribution in [0.5, 0.6) is 0 Å². The number of nitrogens with zero attached hydrogens (tertiary/aromatic N) is 3. The fraction of sp³-hybridized carbons (Fsp3) is 0. The summed E-state index contributed by atoms with van der Waals surface area (Å²) in [5.41, 5.74) is 3.17. The largest absolute Gasteiger partial charge is 0.673 e. The molecule has 0 amide bonds. The lowest BCUT2D eigenvalue weighted by Crippen LogP contribution is -2.27. The van der Waals surface area contributed by atoms with Crippen LogP contribution in [0.3, 0.4) is 0 Å². The topological polar surface area (TPSA) is 29.9 Å². The van der Waals surface area contributed by atoms with E-state index in [0.29, 0.717) is 0 Å². The number of benzene rings is 2. The van der Waals surface area contributed by atoms with Crippen molar-refractivity contribution in [2.24, 2.45) is 0 Å². The zero-order valence-corrected chi connectivity index (χ0v) is 12.9.